The van der Waals surface area contributed by atoms with Crippen LogP contribution in [0.25, 0.3) is 10.9 Å². The molecule has 1 amide bonds. The number of fused-ring (bicyclic) bond motifs is 1. The second-order valence-electron chi connectivity index (χ2n) is 7.09. The number of nitrogens with zero attached hydrogens (tertiary/aromatic N) is 2. The third kappa shape index (κ3) is 4.17. The summed E-state index contributed by atoms with van der Waals surface area (Å²) < 4.78 is 0. The highest BCUT2D eigenvalue weighted by Gasteiger charge is 2.27. The number of likely N-dealkylation sites (N-methyl/N-ethyl adjacent to an activating group) is 1. The molecule has 3 unspecified atom stereocenters. The summed E-state index contributed by atoms with van der Waals surface area (Å²) in [5.74, 6) is 0.222. The lowest BCUT2D eigenvalue weighted by Crippen LogP contribution is -2.44. The number of aliphatic hydroxyl groups is 1. The van der Waals surface area contributed by atoms with Crippen LogP contribution in [0.1, 0.15) is 32.6 Å². The van der Waals surface area contributed by atoms with Crippen LogP contribution in [0.15, 0.2) is 36.5 Å². The van der Waals surface area contributed by atoms with Crippen LogP contribution in [-0.4, -0.2) is 46.6 Å². The van der Waals surface area contributed by atoms with E-state index >= 15 is 0 Å². The number of rotatable bonds is 5. The van der Waals surface area contributed by atoms with E-state index in [-0.39, 0.29) is 24.0 Å². The maximum atomic E-state index is 12.7. The minimum absolute atomic E-state index is 0.0378. The molecule has 1 heterocycles. The standard InChI is InChI=1S/C20H27N3O2/c1-14(23(2)13-15-7-3-4-11-19(15)24)20(25)22-18-10-5-9-17-16(18)8-6-12-21-17/h5-6,8-10,12,14-15,19,24H,3-4,7,11,13H2,1-2H3,(H,22,25). The smallest absolute Gasteiger partial charge is 0.241 e. The predicted molar refractivity (Wildman–Crippen MR) is 100 cm³/mol. The Kier molecular flexibility index (Phi) is 5.66. The molecule has 3 rings (SSSR count). The molecule has 2 N–H and O–H groups in total. The zero-order valence-corrected chi connectivity index (χ0v) is 15.0. The van der Waals surface area contributed by atoms with Gasteiger partial charge in [0, 0.05) is 18.1 Å². The quantitative estimate of drug-likeness (QED) is 0.877. The van der Waals surface area contributed by atoms with Crippen LogP contribution >= 0.6 is 0 Å². The monoisotopic (exact) mass is 341 g/mol. The zero-order valence-electron chi connectivity index (χ0n) is 15.0. The molecule has 0 spiro atoms. The molecule has 5 heteroatoms. The fraction of sp³-hybridized carbons (Fsp3) is 0.500. The highest BCUT2D eigenvalue weighted by atomic mass is 16.3. The first-order valence-electron chi connectivity index (χ1n) is 9.09. The van der Waals surface area contributed by atoms with Crippen molar-refractivity contribution in [1.82, 2.24) is 9.88 Å². The topological polar surface area (TPSA) is 65.5 Å². The number of anilines is 1. The molecular formula is C20H27N3O2. The van der Waals surface area contributed by atoms with Crippen molar-refractivity contribution < 1.29 is 9.90 Å². The van der Waals surface area contributed by atoms with E-state index in [2.05, 4.69) is 10.3 Å². The van der Waals surface area contributed by atoms with E-state index in [0.717, 1.165) is 42.4 Å². The van der Waals surface area contributed by atoms with Crippen molar-refractivity contribution in [2.45, 2.75) is 44.8 Å². The predicted octanol–water partition coefficient (Wildman–Crippen LogP) is 3.04. The fourth-order valence-corrected chi connectivity index (χ4v) is 3.58. The van der Waals surface area contributed by atoms with Crippen LogP contribution in [0.2, 0.25) is 0 Å². The van der Waals surface area contributed by atoms with Crippen molar-refractivity contribution in [3.8, 4) is 0 Å². The van der Waals surface area contributed by atoms with Gasteiger partial charge in [-0.2, -0.15) is 0 Å². The number of hydrogen-bond donors (Lipinski definition) is 2. The van der Waals surface area contributed by atoms with Crippen LogP contribution in [0.4, 0.5) is 5.69 Å². The molecule has 0 bridgehead atoms. The van der Waals surface area contributed by atoms with Crippen molar-refractivity contribution in [3.05, 3.63) is 36.5 Å². The zero-order chi connectivity index (χ0) is 17.8. The molecule has 1 aliphatic rings. The van der Waals surface area contributed by atoms with Crippen LogP contribution in [0.5, 0.6) is 0 Å². The Labute approximate surface area is 149 Å². The molecule has 2 aromatic rings. The van der Waals surface area contributed by atoms with Gasteiger partial charge in [0.15, 0.2) is 0 Å². The Hall–Kier alpha value is -1.98. The highest BCUT2D eigenvalue weighted by molar-refractivity contribution is 6.02. The average Bonchev–Trinajstić information content (AvgIpc) is 2.63. The number of carbonyl (C=O) groups excluding carboxylic acids is 1. The van der Waals surface area contributed by atoms with E-state index in [9.17, 15) is 9.90 Å². The Morgan fingerprint density at radius 1 is 1.32 bits per heavy atom. The molecule has 1 aliphatic carbocycles. The van der Waals surface area contributed by atoms with Gasteiger partial charge in [-0.3, -0.25) is 14.7 Å². The summed E-state index contributed by atoms with van der Waals surface area (Å²) in [6.45, 7) is 2.65. The summed E-state index contributed by atoms with van der Waals surface area (Å²) in [7, 11) is 1.95. The van der Waals surface area contributed by atoms with Gasteiger partial charge in [-0.15, -0.1) is 0 Å². The molecule has 1 aromatic carbocycles. The van der Waals surface area contributed by atoms with Crippen molar-refractivity contribution in [2.75, 3.05) is 18.9 Å². The second kappa shape index (κ2) is 7.93. The summed E-state index contributed by atoms with van der Waals surface area (Å²) in [5, 5.41) is 14.1. The summed E-state index contributed by atoms with van der Waals surface area (Å²) in [6, 6.07) is 9.31. The molecule has 1 aromatic heterocycles. The van der Waals surface area contributed by atoms with E-state index in [4.69, 9.17) is 0 Å². The van der Waals surface area contributed by atoms with Crippen LogP contribution in [0.3, 0.4) is 0 Å². The maximum absolute atomic E-state index is 12.7. The lowest BCUT2D eigenvalue weighted by Gasteiger charge is -2.33. The van der Waals surface area contributed by atoms with Crippen LogP contribution in [-0.2, 0) is 4.79 Å². The van der Waals surface area contributed by atoms with Gasteiger partial charge in [-0.25, -0.2) is 0 Å². The first kappa shape index (κ1) is 17.8. The Morgan fingerprint density at radius 3 is 2.92 bits per heavy atom. The summed E-state index contributed by atoms with van der Waals surface area (Å²) in [5.41, 5.74) is 1.65. The normalized spacial score (nSPS) is 22.1. The third-order valence-corrected chi connectivity index (χ3v) is 5.34. The molecule has 25 heavy (non-hydrogen) atoms. The number of benzene rings is 1. The second-order valence-corrected chi connectivity index (χ2v) is 7.09. The van der Waals surface area contributed by atoms with Crippen LogP contribution < -0.4 is 5.32 Å². The van der Waals surface area contributed by atoms with Crippen molar-refractivity contribution in [2.24, 2.45) is 5.92 Å². The Bertz CT molecular complexity index is 728. The van der Waals surface area contributed by atoms with Gasteiger partial charge in [0.25, 0.3) is 0 Å². The molecule has 134 valence electrons. The van der Waals surface area contributed by atoms with Gasteiger partial charge in [-0.1, -0.05) is 18.9 Å². The van der Waals surface area contributed by atoms with Gasteiger partial charge in [0.2, 0.25) is 5.91 Å². The van der Waals surface area contributed by atoms with Gasteiger partial charge >= 0.3 is 0 Å². The lowest BCUT2D eigenvalue weighted by atomic mass is 9.86. The minimum atomic E-state index is -0.263. The highest BCUT2D eigenvalue weighted by Crippen LogP contribution is 2.26. The van der Waals surface area contributed by atoms with Gasteiger partial charge in [0.05, 0.1) is 23.3 Å². The molecule has 1 fully saturated rings. The van der Waals surface area contributed by atoms with Crippen molar-refractivity contribution >= 4 is 22.5 Å². The van der Waals surface area contributed by atoms with E-state index in [1.54, 1.807) is 6.20 Å². The lowest BCUT2D eigenvalue weighted by molar-refractivity contribution is -0.120. The molecule has 1 saturated carbocycles. The molecule has 5 nitrogen and oxygen atoms in total. The van der Waals surface area contributed by atoms with E-state index in [1.807, 2.05) is 49.2 Å². The minimum Gasteiger partial charge on any atom is -0.393 e. The SMILES string of the molecule is CC(C(=O)Nc1cccc2ncccc12)N(C)CC1CCCCC1O. The fourth-order valence-electron chi connectivity index (χ4n) is 3.58. The van der Waals surface area contributed by atoms with Gasteiger partial charge < -0.3 is 10.4 Å². The van der Waals surface area contributed by atoms with E-state index < -0.39 is 0 Å². The molecule has 0 radical (unpaired) electrons. The van der Waals surface area contributed by atoms with Gasteiger partial charge in [0.1, 0.15) is 0 Å². The maximum Gasteiger partial charge on any atom is 0.241 e. The molecular weight excluding hydrogens is 314 g/mol. The van der Waals surface area contributed by atoms with E-state index in [0.29, 0.717) is 0 Å². The van der Waals surface area contributed by atoms with Crippen LogP contribution in [0, 0.1) is 5.92 Å². The first-order chi connectivity index (χ1) is 12.1. The summed E-state index contributed by atoms with van der Waals surface area (Å²) in [4.78, 5) is 19.0. The largest absolute Gasteiger partial charge is 0.393 e. The first-order valence-corrected chi connectivity index (χ1v) is 9.09. The van der Waals surface area contributed by atoms with Crippen molar-refractivity contribution in [1.29, 1.82) is 0 Å². The number of aliphatic hydroxyl groups excluding tert-OH is 1. The molecule has 3 atom stereocenters. The molecule has 0 aliphatic heterocycles. The number of hydrogen-bond acceptors (Lipinski definition) is 4. The average molecular weight is 341 g/mol. The summed E-state index contributed by atoms with van der Waals surface area (Å²) >= 11 is 0. The van der Waals surface area contributed by atoms with Crippen molar-refractivity contribution in [3.63, 3.8) is 0 Å². The Morgan fingerprint density at radius 2 is 2.12 bits per heavy atom. The number of carbonyl (C=O) groups is 1. The third-order valence-electron chi connectivity index (χ3n) is 5.34. The number of pyridine rings is 1. The Balaban J connectivity index is 1.65. The number of nitrogens with one attached hydrogen (secondary N) is 1. The number of aromatic nitrogens is 1. The van der Waals surface area contributed by atoms with E-state index in [1.165, 1.54) is 6.42 Å². The summed E-state index contributed by atoms with van der Waals surface area (Å²) in [6.07, 6.45) is 5.69. The number of amides is 1. The molecule has 0 saturated heterocycles. The van der Waals surface area contributed by atoms with Gasteiger partial charge in [-0.05, 0) is 57.0 Å².